The molecule has 0 fully saturated rings. The summed E-state index contributed by atoms with van der Waals surface area (Å²) in [6.07, 6.45) is 7.04. The van der Waals surface area contributed by atoms with Crippen LogP contribution in [0.4, 0.5) is 0 Å². The second-order valence-corrected chi connectivity index (χ2v) is 20.4. The van der Waals surface area contributed by atoms with E-state index in [1.807, 2.05) is 24.3 Å². The lowest BCUT2D eigenvalue weighted by atomic mass is 10.0. The van der Waals surface area contributed by atoms with Gasteiger partial charge in [0.25, 0.3) is 0 Å². The van der Waals surface area contributed by atoms with E-state index < -0.39 is 10.0 Å². The lowest BCUT2D eigenvalue weighted by molar-refractivity contribution is 1.17. The number of benzene rings is 8. The summed E-state index contributed by atoms with van der Waals surface area (Å²) in [5.41, 5.74) is 14.3. The first kappa shape index (κ1) is 35.9. The lowest BCUT2D eigenvalue weighted by Gasteiger charge is -2.26. The highest BCUT2D eigenvalue weighted by molar-refractivity contribution is 8.32. The SMILES string of the molecule is CS(C)(C)c1ccc(-n2c3ccccc3c3cc(-c4ccc5c6ccccc6n(-c6ccc(-c7cc(-c8ccccc8)nc(-c8ccccc8)n7)cc6)c5c4)ccc32)cc1. The van der Waals surface area contributed by atoms with Crippen molar-refractivity contribution >= 4 is 53.6 Å². The second kappa shape index (κ2) is 14.3. The third-order valence-electron chi connectivity index (χ3n) is 11.7. The van der Waals surface area contributed by atoms with Gasteiger partial charge in [0.15, 0.2) is 5.82 Å². The van der Waals surface area contributed by atoms with E-state index in [4.69, 9.17) is 9.97 Å². The first-order valence-corrected chi connectivity index (χ1v) is 23.2. The number of rotatable bonds is 7. The minimum atomic E-state index is -0.805. The van der Waals surface area contributed by atoms with E-state index in [1.54, 1.807) is 0 Å². The zero-order chi connectivity index (χ0) is 40.4. The van der Waals surface area contributed by atoms with Gasteiger partial charge in [-0.25, -0.2) is 20.0 Å². The number of fused-ring (bicyclic) bond motifs is 6. The van der Waals surface area contributed by atoms with Gasteiger partial charge in [-0.3, -0.25) is 0 Å². The molecule has 0 spiro atoms. The molecule has 0 amide bonds. The summed E-state index contributed by atoms with van der Waals surface area (Å²) in [6.45, 7) is 0. The molecule has 11 aromatic rings. The summed E-state index contributed by atoms with van der Waals surface area (Å²) >= 11 is 0. The van der Waals surface area contributed by atoms with Gasteiger partial charge >= 0.3 is 0 Å². The van der Waals surface area contributed by atoms with Gasteiger partial charge in [-0.1, -0.05) is 127 Å². The van der Waals surface area contributed by atoms with Crippen LogP contribution in [0.5, 0.6) is 0 Å². The van der Waals surface area contributed by atoms with E-state index in [2.05, 4.69) is 204 Å². The Labute approximate surface area is 351 Å². The average molecular weight is 791 g/mol. The predicted octanol–water partition coefficient (Wildman–Crippen LogP) is 14.4. The molecule has 0 saturated heterocycles. The minimum Gasteiger partial charge on any atom is -0.309 e. The Balaban J connectivity index is 1.02. The van der Waals surface area contributed by atoms with Crippen LogP contribution in [0.3, 0.4) is 0 Å². The molecular formula is C55H42N4S. The summed E-state index contributed by atoms with van der Waals surface area (Å²) in [7, 11) is -0.805. The van der Waals surface area contributed by atoms with E-state index >= 15 is 0 Å². The van der Waals surface area contributed by atoms with Crippen molar-refractivity contribution in [3.05, 3.63) is 200 Å². The Hall–Kier alpha value is -7.21. The maximum absolute atomic E-state index is 5.09. The molecule has 11 rings (SSSR count). The molecular weight excluding hydrogens is 749 g/mol. The highest BCUT2D eigenvalue weighted by Crippen LogP contribution is 2.45. The molecule has 0 aliphatic heterocycles. The number of hydrogen-bond donors (Lipinski definition) is 0. The Morgan fingerprint density at radius 3 is 1.42 bits per heavy atom. The predicted molar refractivity (Wildman–Crippen MR) is 256 cm³/mol. The third kappa shape index (κ3) is 6.18. The van der Waals surface area contributed by atoms with Gasteiger partial charge in [0.05, 0.1) is 33.5 Å². The highest BCUT2D eigenvalue weighted by Gasteiger charge is 2.18. The van der Waals surface area contributed by atoms with Crippen LogP contribution in [0, 0.1) is 0 Å². The Morgan fingerprint density at radius 1 is 0.333 bits per heavy atom. The van der Waals surface area contributed by atoms with Gasteiger partial charge in [-0.2, -0.15) is 0 Å². The topological polar surface area (TPSA) is 35.6 Å². The quantitative estimate of drug-likeness (QED) is 0.161. The smallest absolute Gasteiger partial charge is 0.160 e. The van der Waals surface area contributed by atoms with Crippen molar-refractivity contribution < 1.29 is 0 Å². The van der Waals surface area contributed by atoms with Crippen LogP contribution in [0.2, 0.25) is 0 Å². The van der Waals surface area contributed by atoms with Crippen LogP contribution >= 0.6 is 10.0 Å². The monoisotopic (exact) mass is 790 g/mol. The van der Waals surface area contributed by atoms with Crippen LogP contribution in [0.25, 0.3) is 100 Å². The zero-order valence-corrected chi connectivity index (χ0v) is 34.6. The highest BCUT2D eigenvalue weighted by atomic mass is 32.3. The maximum Gasteiger partial charge on any atom is 0.160 e. The summed E-state index contributed by atoms with van der Waals surface area (Å²) in [5, 5.41) is 4.97. The molecule has 0 atom stereocenters. The molecule has 0 aliphatic rings. The molecule has 60 heavy (non-hydrogen) atoms. The van der Waals surface area contributed by atoms with E-state index in [0.717, 1.165) is 33.8 Å². The molecule has 3 heterocycles. The van der Waals surface area contributed by atoms with Crippen LogP contribution < -0.4 is 0 Å². The van der Waals surface area contributed by atoms with Crippen molar-refractivity contribution in [2.75, 3.05) is 18.8 Å². The van der Waals surface area contributed by atoms with Crippen molar-refractivity contribution in [1.29, 1.82) is 0 Å². The van der Waals surface area contributed by atoms with E-state index in [-0.39, 0.29) is 0 Å². The molecule has 0 unspecified atom stereocenters. The number of nitrogens with zero attached hydrogens (tertiary/aromatic N) is 4. The van der Waals surface area contributed by atoms with Gasteiger partial charge in [0.2, 0.25) is 0 Å². The molecule has 3 aromatic heterocycles. The normalized spacial score (nSPS) is 12.2. The summed E-state index contributed by atoms with van der Waals surface area (Å²) < 4.78 is 4.81. The van der Waals surface area contributed by atoms with Gasteiger partial charge in [0, 0.05) is 49.6 Å². The first-order valence-electron chi connectivity index (χ1n) is 20.3. The summed E-state index contributed by atoms with van der Waals surface area (Å²) in [6, 6.07) is 72.0. The molecule has 4 nitrogen and oxygen atoms in total. The fourth-order valence-corrected chi connectivity index (χ4v) is 9.66. The van der Waals surface area contributed by atoms with Crippen LogP contribution in [-0.4, -0.2) is 37.9 Å². The average Bonchev–Trinajstić information content (AvgIpc) is 3.81. The summed E-state index contributed by atoms with van der Waals surface area (Å²) in [4.78, 5) is 11.5. The van der Waals surface area contributed by atoms with Crippen LogP contribution in [0.15, 0.2) is 205 Å². The van der Waals surface area contributed by atoms with Crippen LogP contribution in [0.1, 0.15) is 0 Å². The van der Waals surface area contributed by atoms with E-state index in [1.165, 1.54) is 65.3 Å². The van der Waals surface area contributed by atoms with E-state index in [0.29, 0.717) is 5.82 Å². The van der Waals surface area contributed by atoms with Crippen molar-refractivity contribution in [2.45, 2.75) is 4.90 Å². The minimum absolute atomic E-state index is 0.712. The van der Waals surface area contributed by atoms with Gasteiger partial charge in [-0.15, -0.1) is 0 Å². The molecule has 0 aliphatic carbocycles. The van der Waals surface area contributed by atoms with Crippen molar-refractivity contribution in [3.63, 3.8) is 0 Å². The number of para-hydroxylation sites is 2. The molecule has 0 bridgehead atoms. The second-order valence-electron chi connectivity index (χ2n) is 16.2. The van der Waals surface area contributed by atoms with Gasteiger partial charge in [-0.05, 0) is 108 Å². The van der Waals surface area contributed by atoms with Crippen molar-refractivity contribution in [2.24, 2.45) is 0 Å². The van der Waals surface area contributed by atoms with Crippen LogP contribution in [-0.2, 0) is 0 Å². The van der Waals surface area contributed by atoms with E-state index in [9.17, 15) is 0 Å². The van der Waals surface area contributed by atoms with Gasteiger partial charge < -0.3 is 9.13 Å². The lowest BCUT2D eigenvalue weighted by Crippen LogP contribution is -1.97. The molecule has 0 saturated carbocycles. The standard InChI is InChI=1S/C55H42N4S/c1-60(2,3)44-30-28-43(29-31-44)58-52-21-13-11-19-46(52)48-34-40(25-33-53(48)58)41-24-32-47-45-18-10-12-20-51(45)59(54(47)35-41)42-26-22-38(23-27-42)50-36-49(37-14-6-4-7-15-37)56-55(57-50)39-16-8-5-9-17-39/h4-36H,1-3H3. The largest absolute Gasteiger partial charge is 0.309 e. The number of aromatic nitrogens is 4. The number of hydrogen-bond acceptors (Lipinski definition) is 2. The zero-order valence-electron chi connectivity index (χ0n) is 33.7. The first-order chi connectivity index (χ1) is 29.4. The third-order valence-corrected chi connectivity index (χ3v) is 13.4. The van der Waals surface area contributed by atoms with Crippen molar-refractivity contribution in [1.82, 2.24) is 19.1 Å². The fraction of sp³-hybridized carbons (Fsp3) is 0.0545. The Morgan fingerprint density at radius 2 is 0.783 bits per heavy atom. The van der Waals surface area contributed by atoms with Gasteiger partial charge in [0.1, 0.15) is 0 Å². The summed E-state index contributed by atoms with van der Waals surface area (Å²) in [5.74, 6) is 0.712. The van der Waals surface area contributed by atoms with Crippen molar-refractivity contribution in [3.8, 4) is 56.4 Å². The molecule has 288 valence electrons. The Kier molecular flexibility index (Phi) is 8.54. The molecule has 5 heteroatoms. The molecule has 0 N–H and O–H groups in total. The fourth-order valence-electron chi connectivity index (χ4n) is 8.71. The molecule has 0 radical (unpaired) electrons. The Bertz CT molecular complexity index is 3320. The molecule has 8 aromatic carbocycles. The maximum atomic E-state index is 5.09.